The smallest absolute Gasteiger partial charge is 0.170 e. The predicted octanol–water partition coefficient (Wildman–Crippen LogP) is 3.17. The van der Waals surface area contributed by atoms with Crippen molar-refractivity contribution in [1.82, 2.24) is 14.9 Å². The van der Waals surface area contributed by atoms with E-state index in [0.29, 0.717) is 0 Å². The molecule has 0 saturated carbocycles. The van der Waals surface area contributed by atoms with Crippen LogP contribution in [0.15, 0.2) is 54.2 Å². The zero-order chi connectivity index (χ0) is 18.5. The number of nitrogens with zero attached hydrogens (tertiary/aromatic N) is 4. The van der Waals surface area contributed by atoms with E-state index >= 15 is 0 Å². The summed E-state index contributed by atoms with van der Waals surface area (Å²) in [7, 11) is 0. The van der Waals surface area contributed by atoms with Gasteiger partial charge in [0.05, 0.1) is 11.4 Å². The number of benzene rings is 1. The van der Waals surface area contributed by atoms with Crippen molar-refractivity contribution < 1.29 is 4.84 Å². The Kier molecular flexibility index (Phi) is 5.62. The summed E-state index contributed by atoms with van der Waals surface area (Å²) >= 11 is 1.69. The van der Waals surface area contributed by atoms with Crippen LogP contribution in [0.1, 0.15) is 12.1 Å². The average molecular weight is 382 g/mol. The summed E-state index contributed by atoms with van der Waals surface area (Å²) in [5.74, 6) is 6.16. The van der Waals surface area contributed by atoms with Gasteiger partial charge in [0.1, 0.15) is 5.01 Å². The summed E-state index contributed by atoms with van der Waals surface area (Å²) in [5.41, 5.74) is 3.32. The van der Waals surface area contributed by atoms with Crippen molar-refractivity contribution in [2.24, 2.45) is 5.90 Å². The molecule has 0 atom stereocenters. The minimum absolute atomic E-state index is 0.729. The molecule has 140 valence electrons. The second-order valence-electron chi connectivity index (χ2n) is 6.58. The Morgan fingerprint density at radius 1 is 1.04 bits per heavy atom. The molecule has 2 aromatic heterocycles. The van der Waals surface area contributed by atoms with Crippen LogP contribution in [0.2, 0.25) is 0 Å². The van der Waals surface area contributed by atoms with E-state index in [1.165, 1.54) is 0 Å². The maximum Gasteiger partial charge on any atom is 0.170 e. The summed E-state index contributed by atoms with van der Waals surface area (Å²) < 4.78 is 0. The number of para-hydroxylation sites is 2. The van der Waals surface area contributed by atoms with Gasteiger partial charge in [0.2, 0.25) is 0 Å². The monoisotopic (exact) mass is 381 g/mol. The van der Waals surface area contributed by atoms with Crippen LogP contribution in [0.4, 0.5) is 5.69 Å². The Hall–Kier alpha value is -2.48. The highest BCUT2D eigenvalue weighted by atomic mass is 32.1. The molecule has 0 amide bonds. The number of pyridine rings is 1. The molecule has 1 fully saturated rings. The first kappa shape index (κ1) is 17.9. The highest BCUT2D eigenvalue weighted by molar-refractivity contribution is 7.13. The van der Waals surface area contributed by atoms with Crippen LogP contribution < -0.4 is 15.6 Å². The van der Waals surface area contributed by atoms with Crippen LogP contribution in [0.3, 0.4) is 0 Å². The van der Waals surface area contributed by atoms with E-state index in [-0.39, 0.29) is 0 Å². The molecule has 3 aromatic rings. The maximum atomic E-state index is 5.43. The van der Waals surface area contributed by atoms with E-state index in [0.717, 1.165) is 66.8 Å². The molecular formula is C20H23N5OS. The van der Waals surface area contributed by atoms with E-state index in [1.807, 2.05) is 42.7 Å². The molecule has 7 heteroatoms. The van der Waals surface area contributed by atoms with Crippen LogP contribution in [0, 0.1) is 0 Å². The Balaban J connectivity index is 1.40. The molecule has 6 nitrogen and oxygen atoms in total. The molecule has 2 N–H and O–H groups in total. The SMILES string of the molecule is NOc1ccccc1N1CCCN(Cc2csc(-c3ccncc3)n2)CC1. The van der Waals surface area contributed by atoms with Gasteiger partial charge in [-0.3, -0.25) is 9.88 Å². The third-order valence-electron chi connectivity index (χ3n) is 4.79. The fourth-order valence-electron chi connectivity index (χ4n) is 3.42. The lowest BCUT2D eigenvalue weighted by Crippen LogP contribution is -2.31. The summed E-state index contributed by atoms with van der Waals surface area (Å²) in [5, 5.41) is 3.22. The van der Waals surface area contributed by atoms with Gasteiger partial charge in [-0.2, -0.15) is 5.90 Å². The van der Waals surface area contributed by atoms with Crippen molar-refractivity contribution >= 4 is 17.0 Å². The van der Waals surface area contributed by atoms with Gasteiger partial charge < -0.3 is 9.74 Å². The molecule has 4 rings (SSSR count). The average Bonchev–Trinajstić information content (AvgIpc) is 3.07. The molecule has 1 aliphatic heterocycles. The molecule has 1 aliphatic rings. The summed E-state index contributed by atoms with van der Waals surface area (Å²) in [6.45, 7) is 4.87. The number of aromatic nitrogens is 2. The quantitative estimate of drug-likeness (QED) is 0.685. The second kappa shape index (κ2) is 8.47. The van der Waals surface area contributed by atoms with Gasteiger partial charge in [0, 0.05) is 56.1 Å². The van der Waals surface area contributed by atoms with Crippen molar-refractivity contribution in [3.05, 3.63) is 59.9 Å². The molecule has 0 aliphatic carbocycles. The van der Waals surface area contributed by atoms with E-state index in [1.54, 1.807) is 11.3 Å². The predicted molar refractivity (Wildman–Crippen MR) is 109 cm³/mol. The lowest BCUT2D eigenvalue weighted by molar-refractivity contribution is 0.282. The Bertz CT molecular complexity index is 870. The number of thiazole rings is 1. The van der Waals surface area contributed by atoms with Crippen molar-refractivity contribution in [3.63, 3.8) is 0 Å². The number of anilines is 1. The van der Waals surface area contributed by atoms with Crippen LogP contribution in [-0.4, -0.2) is 41.0 Å². The summed E-state index contributed by atoms with van der Waals surface area (Å²) in [4.78, 5) is 18.7. The van der Waals surface area contributed by atoms with E-state index < -0.39 is 0 Å². The van der Waals surface area contributed by atoms with Crippen molar-refractivity contribution in [2.75, 3.05) is 31.1 Å². The largest absolute Gasteiger partial charge is 0.409 e. The number of hydrogen-bond acceptors (Lipinski definition) is 7. The van der Waals surface area contributed by atoms with Crippen LogP contribution in [-0.2, 0) is 6.54 Å². The highest BCUT2D eigenvalue weighted by Crippen LogP contribution is 2.28. The van der Waals surface area contributed by atoms with Gasteiger partial charge in [-0.25, -0.2) is 4.98 Å². The zero-order valence-electron chi connectivity index (χ0n) is 15.1. The molecule has 0 bridgehead atoms. The molecule has 0 spiro atoms. The minimum atomic E-state index is 0.729. The highest BCUT2D eigenvalue weighted by Gasteiger charge is 2.18. The van der Waals surface area contributed by atoms with Crippen molar-refractivity contribution in [1.29, 1.82) is 0 Å². The number of nitrogens with two attached hydrogens (primary N) is 1. The summed E-state index contributed by atoms with van der Waals surface area (Å²) in [6, 6.07) is 12.0. The number of hydrogen-bond donors (Lipinski definition) is 1. The topological polar surface area (TPSA) is 67.5 Å². The molecule has 0 unspecified atom stereocenters. The third-order valence-corrected chi connectivity index (χ3v) is 5.73. The lowest BCUT2D eigenvalue weighted by Gasteiger charge is -2.24. The maximum absolute atomic E-state index is 5.43. The lowest BCUT2D eigenvalue weighted by atomic mass is 10.2. The number of rotatable bonds is 5. The minimum Gasteiger partial charge on any atom is -0.409 e. The van der Waals surface area contributed by atoms with Crippen LogP contribution in [0.25, 0.3) is 10.6 Å². The third kappa shape index (κ3) is 4.27. The van der Waals surface area contributed by atoms with Crippen LogP contribution >= 0.6 is 11.3 Å². The van der Waals surface area contributed by atoms with Crippen molar-refractivity contribution in [3.8, 4) is 16.3 Å². The van der Waals surface area contributed by atoms with Gasteiger partial charge in [0.15, 0.2) is 5.75 Å². The van der Waals surface area contributed by atoms with Gasteiger partial charge in [-0.1, -0.05) is 12.1 Å². The van der Waals surface area contributed by atoms with Gasteiger partial charge in [-0.15, -0.1) is 11.3 Å². The van der Waals surface area contributed by atoms with E-state index in [9.17, 15) is 0 Å². The molecule has 27 heavy (non-hydrogen) atoms. The Morgan fingerprint density at radius 3 is 2.74 bits per heavy atom. The van der Waals surface area contributed by atoms with Gasteiger partial charge >= 0.3 is 0 Å². The Morgan fingerprint density at radius 2 is 1.89 bits per heavy atom. The zero-order valence-corrected chi connectivity index (χ0v) is 15.9. The molecule has 1 aromatic carbocycles. The first-order valence-electron chi connectivity index (χ1n) is 9.11. The fourth-order valence-corrected chi connectivity index (χ4v) is 4.24. The molecular weight excluding hydrogens is 358 g/mol. The van der Waals surface area contributed by atoms with Crippen LogP contribution in [0.5, 0.6) is 5.75 Å². The second-order valence-corrected chi connectivity index (χ2v) is 7.44. The normalized spacial score (nSPS) is 15.5. The molecule has 3 heterocycles. The fraction of sp³-hybridized carbons (Fsp3) is 0.300. The summed E-state index contributed by atoms with van der Waals surface area (Å²) in [6.07, 6.45) is 4.71. The Labute approximate surface area is 163 Å². The molecule has 0 radical (unpaired) electrons. The van der Waals surface area contributed by atoms with Crippen molar-refractivity contribution in [2.45, 2.75) is 13.0 Å². The van der Waals surface area contributed by atoms with Gasteiger partial charge in [-0.05, 0) is 30.7 Å². The van der Waals surface area contributed by atoms with E-state index in [2.05, 4.69) is 26.2 Å². The first-order chi connectivity index (χ1) is 13.3. The van der Waals surface area contributed by atoms with E-state index in [4.69, 9.17) is 15.7 Å². The molecule has 1 saturated heterocycles. The van der Waals surface area contributed by atoms with Gasteiger partial charge in [0.25, 0.3) is 0 Å². The standard InChI is InChI=1S/C20H23N5OS/c21-26-19-5-2-1-4-18(19)25-11-3-10-24(12-13-25)14-17-15-27-20(23-17)16-6-8-22-9-7-16/h1-2,4-9,15H,3,10-14,21H2. The first-order valence-corrected chi connectivity index (χ1v) is 9.99.